The molecule has 0 unspecified atom stereocenters. The van der Waals surface area contributed by atoms with Crippen molar-refractivity contribution in [2.75, 3.05) is 19.6 Å². The summed E-state index contributed by atoms with van der Waals surface area (Å²) in [4.78, 5) is 28.6. The topological polar surface area (TPSA) is 69.3 Å². The lowest BCUT2D eigenvalue weighted by molar-refractivity contribution is -0.131. The zero-order valence-electron chi connectivity index (χ0n) is 16.0. The van der Waals surface area contributed by atoms with Crippen molar-refractivity contribution in [3.63, 3.8) is 0 Å². The number of hydrogen-bond acceptors (Lipinski definition) is 3. The Hall–Kier alpha value is -2.70. The third-order valence-corrected chi connectivity index (χ3v) is 6.02. The Kier molecular flexibility index (Phi) is 5.15. The number of halogens is 1. The van der Waals surface area contributed by atoms with Gasteiger partial charge in [0.25, 0.3) is 0 Å². The fourth-order valence-corrected chi connectivity index (χ4v) is 4.71. The van der Waals surface area contributed by atoms with Crippen LogP contribution in [0.3, 0.4) is 0 Å². The van der Waals surface area contributed by atoms with E-state index < -0.39 is 0 Å². The summed E-state index contributed by atoms with van der Waals surface area (Å²) in [5.41, 5.74) is 1.92. The molecule has 2 aromatic rings. The van der Waals surface area contributed by atoms with Gasteiger partial charge in [-0.25, -0.2) is 4.39 Å². The number of H-pyrrole nitrogens is 1. The average Bonchev–Trinajstić information content (AvgIpc) is 3.37. The smallest absolute Gasteiger partial charge is 0.222 e. The van der Waals surface area contributed by atoms with Crippen molar-refractivity contribution in [2.45, 2.75) is 32.2 Å². The number of aromatic nitrogens is 2. The molecule has 28 heavy (non-hydrogen) atoms. The van der Waals surface area contributed by atoms with Gasteiger partial charge < -0.3 is 9.80 Å². The maximum absolute atomic E-state index is 13.8. The van der Waals surface area contributed by atoms with Gasteiger partial charge >= 0.3 is 0 Å². The fourth-order valence-electron chi connectivity index (χ4n) is 4.71. The average molecular weight is 384 g/mol. The second kappa shape index (κ2) is 7.73. The molecule has 6 nitrogen and oxygen atoms in total. The summed E-state index contributed by atoms with van der Waals surface area (Å²) in [5.74, 6) is 0.264. The van der Waals surface area contributed by atoms with E-state index >= 15 is 0 Å². The number of carbonyl (C=O) groups excluding carboxylic acids is 2. The zero-order valence-corrected chi connectivity index (χ0v) is 16.0. The van der Waals surface area contributed by atoms with Crippen molar-refractivity contribution in [3.05, 3.63) is 53.6 Å². The van der Waals surface area contributed by atoms with E-state index in [-0.39, 0.29) is 35.5 Å². The number of amides is 2. The van der Waals surface area contributed by atoms with E-state index in [1.165, 1.54) is 12.1 Å². The molecular formula is C21H25FN4O2. The molecule has 2 saturated heterocycles. The Morgan fingerprint density at radius 3 is 2.86 bits per heavy atom. The number of hydrogen-bond donors (Lipinski definition) is 1. The quantitative estimate of drug-likeness (QED) is 0.861. The van der Waals surface area contributed by atoms with Crippen molar-refractivity contribution >= 4 is 11.8 Å². The van der Waals surface area contributed by atoms with Crippen LogP contribution in [0.15, 0.2) is 36.7 Å². The highest BCUT2D eigenvalue weighted by atomic mass is 19.1. The summed E-state index contributed by atoms with van der Waals surface area (Å²) < 4.78 is 13.8. The Morgan fingerprint density at radius 1 is 1.29 bits per heavy atom. The number of nitrogens with one attached hydrogen (secondary N) is 1. The van der Waals surface area contributed by atoms with E-state index in [1.807, 2.05) is 22.1 Å². The van der Waals surface area contributed by atoms with Gasteiger partial charge in [-0.05, 0) is 36.1 Å². The van der Waals surface area contributed by atoms with Gasteiger partial charge in [0.15, 0.2) is 0 Å². The first-order chi connectivity index (χ1) is 13.5. The maximum Gasteiger partial charge on any atom is 0.222 e. The number of rotatable bonds is 5. The number of carbonyl (C=O) groups is 2. The fraction of sp³-hybridized carbons (Fsp3) is 0.476. The Bertz CT molecular complexity index is 854. The van der Waals surface area contributed by atoms with Crippen LogP contribution in [0.5, 0.6) is 0 Å². The lowest BCUT2D eigenvalue weighted by Crippen LogP contribution is -2.36. The number of aromatic amines is 1. The second-order valence-corrected chi connectivity index (χ2v) is 7.85. The first kappa shape index (κ1) is 18.7. The third-order valence-electron chi connectivity index (χ3n) is 6.02. The SMILES string of the molecule is CC(=O)N1C[C@H]2CN(C(=O)CCCc3cn[nH]c3)C[C@H]2[C@@H]1c1cccc(F)c1. The molecule has 0 spiro atoms. The second-order valence-electron chi connectivity index (χ2n) is 7.85. The van der Waals surface area contributed by atoms with Crippen LogP contribution >= 0.6 is 0 Å². The minimum absolute atomic E-state index is 0.00153. The molecule has 3 heterocycles. The summed E-state index contributed by atoms with van der Waals surface area (Å²) >= 11 is 0. The highest BCUT2D eigenvalue weighted by Gasteiger charge is 2.49. The molecule has 0 aliphatic carbocycles. The molecule has 148 valence electrons. The van der Waals surface area contributed by atoms with Gasteiger partial charge in [-0.3, -0.25) is 14.7 Å². The monoisotopic (exact) mass is 384 g/mol. The molecule has 2 aliphatic rings. The maximum atomic E-state index is 13.8. The van der Waals surface area contributed by atoms with Gasteiger partial charge in [-0.2, -0.15) is 5.10 Å². The number of likely N-dealkylation sites (tertiary alicyclic amines) is 2. The standard InChI is InChI=1S/C21H25FN4O2/c1-14(27)26-12-17-11-25(20(28)7-2-4-15-9-23-24-10-15)13-19(17)21(26)16-5-3-6-18(22)8-16/h3,5-6,8-10,17,19,21H,2,4,7,11-13H2,1H3,(H,23,24)/t17-,19-,21+/m1/s1. The minimum atomic E-state index is -0.297. The molecule has 2 amide bonds. The van der Waals surface area contributed by atoms with Crippen LogP contribution in [0.4, 0.5) is 4.39 Å². The summed E-state index contributed by atoms with van der Waals surface area (Å²) in [6, 6.07) is 6.32. The van der Waals surface area contributed by atoms with Gasteiger partial charge in [0, 0.05) is 51.0 Å². The Balaban J connectivity index is 1.42. The number of fused-ring (bicyclic) bond motifs is 1. The zero-order chi connectivity index (χ0) is 19.7. The van der Waals surface area contributed by atoms with Crippen molar-refractivity contribution < 1.29 is 14.0 Å². The molecule has 4 rings (SSSR count). The van der Waals surface area contributed by atoms with E-state index in [4.69, 9.17) is 0 Å². The van der Waals surface area contributed by atoms with Gasteiger partial charge in [-0.1, -0.05) is 12.1 Å². The molecule has 1 aromatic carbocycles. The van der Waals surface area contributed by atoms with E-state index in [0.29, 0.717) is 26.1 Å². The van der Waals surface area contributed by atoms with Crippen molar-refractivity contribution in [1.82, 2.24) is 20.0 Å². The van der Waals surface area contributed by atoms with Crippen molar-refractivity contribution in [1.29, 1.82) is 0 Å². The molecule has 2 aliphatic heterocycles. The van der Waals surface area contributed by atoms with Crippen LogP contribution in [0.25, 0.3) is 0 Å². The van der Waals surface area contributed by atoms with E-state index in [1.54, 1.807) is 19.2 Å². The van der Waals surface area contributed by atoms with Crippen LogP contribution in [0.2, 0.25) is 0 Å². The summed E-state index contributed by atoms with van der Waals surface area (Å²) in [6.07, 6.45) is 5.76. The van der Waals surface area contributed by atoms with Crippen LogP contribution in [-0.2, 0) is 16.0 Å². The summed E-state index contributed by atoms with van der Waals surface area (Å²) in [5, 5.41) is 6.70. The van der Waals surface area contributed by atoms with E-state index in [2.05, 4.69) is 10.2 Å². The first-order valence-electron chi connectivity index (χ1n) is 9.81. The Labute approximate surface area is 163 Å². The van der Waals surface area contributed by atoms with Crippen LogP contribution in [0.1, 0.15) is 36.9 Å². The number of benzene rings is 1. The molecule has 0 bridgehead atoms. The van der Waals surface area contributed by atoms with Crippen LogP contribution in [-0.4, -0.2) is 51.4 Å². The van der Waals surface area contributed by atoms with Crippen molar-refractivity contribution in [3.8, 4) is 0 Å². The number of nitrogens with zero attached hydrogens (tertiary/aromatic N) is 3. The van der Waals surface area contributed by atoms with Gasteiger partial charge in [0.2, 0.25) is 11.8 Å². The molecule has 1 N–H and O–H groups in total. The number of aryl methyl sites for hydroxylation is 1. The highest BCUT2D eigenvalue weighted by Crippen LogP contribution is 2.45. The molecule has 0 radical (unpaired) electrons. The van der Waals surface area contributed by atoms with Crippen LogP contribution < -0.4 is 0 Å². The highest BCUT2D eigenvalue weighted by molar-refractivity contribution is 5.77. The molecular weight excluding hydrogens is 359 g/mol. The third kappa shape index (κ3) is 3.66. The van der Waals surface area contributed by atoms with Crippen molar-refractivity contribution in [2.24, 2.45) is 11.8 Å². The summed E-state index contributed by atoms with van der Waals surface area (Å²) in [6.45, 7) is 3.48. The van der Waals surface area contributed by atoms with Gasteiger partial charge in [0.1, 0.15) is 5.82 Å². The molecule has 1 aromatic heterocycles. The molecule has 3 atom stereocenters. The van der Waals surface area contributed by atoms with E-state index in [9.17, 15) is 14.0 Å². The minimum Gasteiger partial charge on any atom is -0.342 e. The Morgan fingerprint density at radius 2 is 2.14 bits per heavy atom. The van der Waals surface area contributed by atoms with E-state index in [0.717, 1.165) is 24.0 Å². The predicted molar refractivity (Wildman–Crippen MR) is 102 cm³/mol. The normalized spacial score (nSPS) is 23.9. The first-order valence-corrected chi connectivity index (χ1v) is 9.81. The molecule has 0 saturated carbocycles. The summed E-state index contributed by atoms with van der Waals surface area (Å²) in [7, 11) is 0. The van der Waals surface area contributed by atoms with Gasteiger partial charge in [0.05, 0.1) is 12.2 Å². The molecule has 2 fully saturated rings. The molecule has 7 heteroatoms. The lowest BCUT2D eigenvalue weighted by Gasteiger charge is -2.29. The largest absolute Gasteiger partial charge is 0.342 e. The lowest BCUT2D eigenvalue weighted by atomic mass is 9.89. The van der Waals surface area contributed by atoms with Gasteiger partial charge in [-0.15, -0.1) is 0 Å². The predicted octanol–water partition coefficient (Wildman–Crippen LogP) is 2.55. The van der Waals surface area contributed by atoms with Crippen LogP contribution in [0, 0.1) is 17.7 Å².